The van der Waals surface area contributed by atoms with Crippen LogP contribution in [-0.4, -0.2) is 77.5 Å². The summed E-state index contributed by atoms with van der Waals surface area (Å²) in [5.41, 5.74) is 1.01. The van der Waals surface area contributed by atoms with Crippen LogP contribution in [0.1, 0.15) is 4.88 Å². The smallest absolute Gasteiger partial charge is 0.278 e. The Morgan fingerprint density at radius 3 is 2.54 bits per heavy atom. The summed E-state index contributed by atoms with van der Waals surface area (Å²) in [6.45, 7) is 7.52. The molecular weight excluding hydrogens is 326 g/mol. The molecule has 1 saturated heterocycles. The summed E-state index contributed by atoms with van der Waals surface area (Å²) in [6.07, 6.45) is 1.57. The number of thiophene rings is 1. The van der Waals surface area contributed by atoms with Gasteiger partial charge in [-0.1, -0.05) is 12.1 Å². The standard InChI is InChI=1S/C17H21N3O3S/c1-2-5-20-16(22)14(13-4-3-12-24-13)15(17(20)23)19-8-6-18(7-9-19)10-11-21/h2-4,12,21H,1,5-11H2. The van der Waals surface area contributed by atoms with E-state index < -0.39 is 0 Å². The summed E-state index contributed by atoms with van der Waals surface area (Å²) in [6, 6.07) is 3.77. The van der Waals surface area contributed by atoms with Crippen molar-refractivity contribution in [3.8, 4) is 0 Å². The number of rotatable bonds is 6. The molecule has 0 aromatic carbocycles. The number of piperazine rings is 1. The Morgan fingerprint density at radius 2 is 1.96 bits per heavy atom. The molecule has 0 bridgehead atoms. The van der Waals surface area contributed by atoms with Crippen molar-refractivity contribution in [2.75, 3.05) is 45.9 Å². The molecule has 2 amide bonds. The zero-order chi connectivity index (χ0) is 17.1. The number of hydrogen-bond acceptors (Lipinski definition) is 6. The maximum absolute atomic E-state index is 12.8. The van der Waals surface area contributed by atoms with Crippen LogP contribution in [0.5, 0.6) is 0 Å². The monoisotopic (exact) mass is 347 g/mol. The molecule has 0 saturated carbocycles. The average molecular weight is 347 g/mol. The van der Waals surface area contributed by atoms with Gasteiger partial charge in [-0.3, -0.25) is 19.4 Å². The highest BCUT2D eigenvalue weighted by Crippen LogP contribution is 2.34. The lowest BCUT2D eigenvalue weighted by Gasteiger charge is -2.36. The Balaban J connectivity index is 1.90. The number of nitrogens with zero attached hydrogens (tertiary/aromatic N) is 3. The fourth-order valence-corrected chi connectivity index (χ4v) is 3.89. The Hall–Kier alpha value is -1.96. The Kier molecular flexibility index (Phi) is 5.13. The van der Waals surface area contributed by atoms with Crippen molar-refractivity contribution in [2.45, 2.75) is 0 Å². The maximum Gasteiger partial charge on any atom is 0.278 e. The highest BCUT2D eigenvalue weighted by atomic mass is 32.1. The zero-order valence-corrected chi connectivity index (χ0v) is 14.3. The van der Waals surface area contributed by atoms with Crippen molar-refractivity contribution in [3.05, 3.63) is 40.7 Å². The van der Waals surface area contributed by atoms with E-state index in [1.54, 1.807) is 6.08 Å². The molecule has 1 fully saturated rings. The van der Waals surface area contributed by atoms with Gasteiger partial charge in [-0.15, -0.1) is 17.9 Å². The molecule has 1 aromatic heterocycles. The Bertz CT molecular complexity index is 661. The van der Waals surface area contributed by atoms with Gasteiger partial charge < -0.3 is 10.0 Å². The van der Waals surface area contributed by atoms with E-state index in [0.29, 0.717) is 30.9 Å². The zero-order valence-electron chi connectivity index (χ0n) is 13.5. The number of imide groups is 1. The number of aliphatic hydroxyl groups is 1. The Morgan fingerprint density at radius 1 is 1.21 bits per heavy atom. The van der Waals surface area contributed by atoms with E-state index in [1.165, 1.54) is 16.2 Å². The number of carbonyl (C=O) groups is 2. The van der Waals surface area contributed by atoms with Crippen molar-refractivity contribution >= 4 is 28.7 Å². The van der Waals surface area contributed by atoms with Crippen molar-refractivity contribution in [2.24, 2.45) is 0 Å². The number of amides is 2. The number of β-amino-alcohol motifs (C(OH)–C–C–N with tert-alkyl or cyclic N) is 1. The van der Waals surface area contributed by atoms with E-state index in [0.717, 1.165) is 18.0 Å². The van der Waals surface area contributed by atoms with Crippen molar-refractivity contribution in [1.82, 2.24) is 14.7 Å². The molecule has 2 aliphatic heterocycles. The predicted molar refractivity (Wildman–Crippen MR) is 93.3 cm³/mol. The highest BCUT2D eigenvalue weighted by Gasteiger charge is 2.41. The lowest BCUT2D eigenvalue weighted by Crippen LogP contribution is -2.48. The second-order valence-electron chi connectivity index (χ2n) is 5.76. The van der Waals surface area contributed by atoms with Crippen LogP contribution in [0.25, 0.3) is 5.57 Å². The molecule has 0 radical (unpaired) electrons. The minimum Gasteiger partial charge on any atom is -0.395 e. The Labute approximate surface area is 145 Å². The van der Waals surface area contributed by atoms with Crippen LogP contribution in [-0.2, 0) is 9.59 Å². The topological polar surface area (TPSA) is 64.1 Å². The molecule has 7 heteroatoms. The number of hydrogen-bond donors (Lipinski definition) is 1. The van der Waals surface area contributed by atoms with Crippen LogP contribution < -0.4 is 0 Å². The van der Waals surface area contributed by atoms with Gasteiger partial charge in [0, 0.05) is 44.1 Å². The van der Waals surface area contributed by atoms with Crippen LogP contribution in [0.4, 0.5) is 0 Å². The van der Waals surface area contributed by atoms with Crippen molar-refractivity contribution in [3.63, 3.8) is 0 Å². The molecule has 1 N–H and O–H groups in total. The minimum absolute atomic E-state index is 0.133. The van der Waals surface area contributed by atoms with Gasteiger partial charge in [-0.2, -0.15) is 0 Å². The normalized spacial score (nSPS) is 19.5. The molecule has 2 aliphatic rings. The van der Waals surface area contributed by atoms with E-state index in [-0.39, 0.29) is 25.0 Å². The van der Waals surface area contributed by atoms with E-state index in [2.05, 4.69) is 11.5 Å². The fraction of sp³-hybridized carbons (Fsp3) is 0.412. The first-order chi connectivity index (χ1) is 11.7. The first-order valence-corrected chi connectivity index (χ1v) is 8.88. The second-order valence-corrected chi connectivity index (χ2v) is 6.71. The second kappa shape index (κ2) is 7.29. The molecule has 6 nitrogen and oxygen atoms in total. The van der Waals surface area contributed by atoms with E-state index >= 15 is 0 Å². The van der Waals surface area contributed by atoms with Crippen LogP contribution in [0.2, 0.25) is 0 Å². The molecule has 24 heavy (non-hydrogen) atoms. The summed E-state index contributed by atoms with van der Waals surface area (Å²) in [5.74, 6) is -0.478. The lowest BCUT2D eigenvalue weighted by atomic mass is 10.1. The summed E-state index contributed by atoms with van der Waals surface area (Å²) >= 11 is 1.47. The van der Waals surface area contributed by atoms with Crippen LogP contribution in [0.3, 0.4) is 0 Å². The average Bonchev–Trinajstić information content (AvgIpc) is 3.18. The summed E-state index contributed by atoms with van der Waals surface area (Å²) in [5, 5.41) is 11.0. The third-order valence-electron chi connectivity index (χ3n) is 4.33. The summed E-state index contributed by atoms with van der Waals surface area (Å²) in [7, 11) is 0. The van der Waals surface area contributed by atoms with Crippen LogP contribution >= 0.6 is 11.3 Å². The fourth-order valence-electron chi connectivity index (χ4n) is 3.13. The predicted octanol–water partition coefficient (Wildman–Crippen LogP) is 0.624. The highest BCUT2D eigenvalue weighted by molar-refractivity contribution is 7.11. The van der Waals surface area contributed by atoms with E-state index in [9.17, 15) is 9.59 Å². The quantitative estimate of drug-likeness (QED) is 0.604. The first kappa shape index (κ1) is 16.9. The summed E-state index contributed by atoms with van der Waals surface area (Å²) in [4.78, 5) is 31.8. The number of carbonyl (C=O) groups excluding carboxylic acids is 2. The molecule has 1 aromatic rings. The van der Waals surface area contributed by atoms with Crippen molar-refractivity contribution < 1.29 is 14.7 Å². The largest absolute Gasteiger partial charge is 0.395 e. The third-order valence-corrected chi connectivity index (χ3v) is 5.21. The van der Waals surface area contributed by atoms with Crippen LogP contribution in [0, 0.1) is 0 Å². The van der Waals surface area contributed by atoms with Gasteiger partial charge in [0.15, 0.2) is 0 Å². The molecule has 128 valence electrons. The van der Waals surface area contributed by atoms with Gasteiger partial charge >= 0.3 is 0 Å². The molecule has 3 heterocycles. The lowest BCUT2D eigenvalue weighted by molar-refractivity contribution is -0.137. The van der Waals surface area contributed by atoms with Gasteiger partial charge in [0.25, 0.3) is 11.8 Å². The van der Waals surface area contributed by atoms with Crippen LogP contribution in [0.15, 0.2) is 35.9 Å². The molecule has 3 rings (SSSR count). The van der Waals surface area contributed by atoms with E-state index in [4.69, 9.17) is 5.11 Å². The molecule has 0 aliphatic carbocycles. The van der Waals surface area contributed by atoms with E-state index in [1.807, 2.05) is 22.4 Å². The SMILES string of the molecule is C=CCN1C(=O)C(c2cccs2)=C(N2CCN(CCO)CC2)C1=O. The van der Waals surface area contributed by atoms with Gasteiger partial charge in [0.05, 0.1) is 12.2 Å². The van der Waals surface area contributed by atoms with Gasteiger partial charge in [0.1, 0.15) is 5.70 Å². The maximum atomic E-state index is 12.8. The van der Waals surface area contributed by atoms with Gasteiger partial charge in [0.2, 0.25) is 0 Å². The van der Waals surface area contributed by atoms with Gasteiger partial charge in [-0.25, -0.2) is 0 Å². The number of aliphatic hydroxyl groups excluding tert-OH is 1. The van der Waals surface area contributed by atoms with Crippen molar-refractivity contribution in [1.29, 1.82) is 0 Å². The van der Waals surface area contributed by atoms with Gasteiger partial charge in [-0.05, 0) is 11.4 Å². The molecule has 0 spiro atoms. The minimum atomic E-state index is -0.241. The molecular formula is C17H21N3O3S. The molecule has 0 unspecified atom stereocenters. The molecule has 0 atom stereocenters. The first-order valence-electron chi connectivity index (χ1n) is 8.00. The summed E-state index contributed by atoms with van der Waals surface area (Å²) < 4.78 is 0. The third kappa shape index (κ3) is 3.02.